The minimum atomic E-state index is -0.725. The van der Waals surface area contributed by atoms with Gasteiger partial charge in [0.1, 0.15) is 11.9 Å². The largest absolute Gasteiger partial charge is 0.324 e. The number of allylic oxidation sites excluding steroid dienone is 1. The second-order valence-electron chi connectivity index (χ2n) is 6.16. The molecule has 1 saturated heterocycles. The second-order valence-corrected chi connectivity index (χ2v) is 6.16. The van der Waals surface area contributed by atoms with Gasteiger partial charge in [0.2, 0.25) is 17.8 Å². The molecule has 0 saturated carbocycles. The predicted molar refractivity (Wildman–Crippen MR) is 92.4 cm³/mol. The third-order valence-corrected chi connectivity index (χ3v) is 3.95. The van der Waals surface area contributed by atoms with Gasteiger partial charge < -0.3 is 5.32 Å². The number of carbonyl (C=O) groups is 3. The first-order valence-corrected chi connectivity index (χ1v) is 7.89. The number of hydrogen-bond donors (Lipinski definition) is 3. The van der Waals surface area contributed by atoms with Crippen LogP contribution in [0.15, 0.2) is 40.7 Å². The number of nitrogens with zero attached hydrogens (tertiary/aromatic N) is 2. The van der Waals surface area contributed by atoms with Crippen LogP contribution < -0.4 is 16.1 Å². The summed E-state index contributed by atoms with van der Waals surface area (Å²) in [4.78, 5) is 40.1. The van der Waals surface area contributed by atoms with Crippen LogP contribution in [0.2, 0.25) is 0 Å². The number of benzene rings is 1. The zero-order chi connectivity index (χ0) is 18.1. The van der Waals surface area contributed by atoms with Crippen LogP contribution in [0.1, 0.15) is 37.6 Å². The number of anilines is 1. The quantitative estimate of drug-likeness (QED) is 0.716. The molecule has 2 aliphatic rings. The molecule has 8 nitrogen and oxygen atoms in total. The van der Waals surface area contributed by atoms with Gasteiger partial charge in [-0.15, -0.1) is 0 Å². The van der Waals surface area contributed by atoms with Gasteiger partial charge in [-0.2, -0.15) is 4.99 Å². The van der Waals surface area contributed by atoms with Crippen LogP contribution in [-0.2, 0) is 9.59 Å². The second kappa shape index (κ2) is 6.39. The Kier molecular flexibility index (Phi) is 4.26. The van der Waals surface area contributed by atoms with Gasteiger partial charge in [0.25, 0.3) is 0 Å². The molecule has 1 unspecified atom stereocenters. The highest BCUT2D eigenvalue weighted by Crippen LogP contribution is 2.20. The average Bonchev–Trinajstić information content (AvgIpc) is 2.98. The van der Waals surface area contributed by atoms with Crippen LogP contribution in [0, 0.1) is 0 Å². The molecule has 0 bridgehead atoms. The van der Waals surface area contributed by atoms with Crippen molar-refractivity contribution >= 4 is 29.2 Å². The van der Waals surface area contributed by atoms with Crippen LogP contribution in [0.4, 0.5) is 5.69 Å². The minimum Gasteiger partial charge on any atom is -0.324 e. The molecular weight excluding hydrogens is 322 g/mol. The lowest BCUT2D eigenvalue weighted by atomic mass is 10.1. The Morgan fingerprint density at radius 3 is 2.48 bits per heavy atom. The fourth-order valence-corrected chi connectivity index (χ4v) is 2.56. The first-order chi connectivity index (χ1) is 11.8. The van der Waals surface area contributed by atoms with Gasteiger partial charge in [0.05, 0.1) is 6.42 Å². The van der Waals surface area contributed by atoms with Crippen LogP contribution in [-0.4, -0.2) is 34.6 Å². The molecule has 0 spiro atoms. The van der Waals surface area contributed by atoms with Crippen LogP contribution >= 0.6 is 0 Å². The van der Waals surface area contributed by atoms with Crippen molar-refractivity contribution in [1.29, 1.82) is 0 Å². The number of ketones is 1. The maximum Gasteiger partial charge on any atom is 0.249 e. The summed E-state index contributed by atoms with van der Waals surface area (Å²) < 4.78 is 0. The third kappa shape index (κ3) is 3.37. The summed E-state index contributed by atoms with van der Waals surface area (Å²) in [7, 11) is 0. The molecule has 2 amide bonds. The lowest BCUT2D eigenvalue weighted by molar-refractivity contribution is -0.129. The lowest BCUT2D eigenvalue weighted by Crippen LogP contribution is -2.61. The summed E-state index contributed by atoms with van der Waals surface area (Å²) in [6, 6.07) is 5.88. The summed E-state index contributed by atoms with van der Waals surface area (Å²) in [5.74, 6) is 0.290. The number of nitrogens with one attached hydrogen (secondary N) is 3. The van der Waals surface area contributed by atoms with Crippen molar-refractivity contribution in [3.63, 3.8) is 0 Å². The number of aliphatic imine (C=N–C) groups is 1. The van der Waals surface area contributed by atoms with Crippen molar-refractivity contribution in [1.82, 2.24) is 15.8 Å². The van der Waals surface area contributed by atoms with Crippen molar-refractivity contribution < 1.29 is 14.4 Å². The van der Waals surface area contributed by atoms with Crippen molar-refractivity contribution in [3.05, 3.63) is 41.2 Å². The topological polar surface area (TPSA) is 103 Å². The number of amides is 2. The molecule has 8 heteroatoms. The monoisotopic (exact) mass is 341 g/mol. The van der Waals surface area contributed by atoms with Gasteiger partial charge >= 0.3 is 0 Å². The molecule has 1 fully saturated rings. The Balaban J connectivity index is 1.77. The van der Waals surface area contributed by atoms with E-state index in [0.717, 1.165) is 5.57 Å². The van der Waals surface area contributed by atoms with Gasteiger partial charge in [-0.1, -0.05) is 0 Å². The van der Waals surface area contributed by atoms with E-state index in [1.807, 2.05) is 13.8 Å². The fourth-order valence-electron chi connectivity index (χ4n) is 2.56. The first-order valence-electron chi connectivity index (χ1n) is 7.89. The van der Waals surface area contributed by atoms with E-state index in [1.54, 1.807) is 29.3 Å². The molecule has 3 rings (SSSR count). The Bertz CT molecular complexity index is 806. The number of carbonyl (C=O) groups excluding carboxylic acids is 3. The summed E-state index contributed by atoms with van der Waals surface area (Å²) in [5, 5.41) is 6.99. The zero-order valence-corrected chi connectivity index (χ0v) is 14.2. The number of hydrazine groups is 1. The summed E-state index contributed by atoms with van der Waals surface area (Å²) in [5.41, 5.74) is 5.11. The van der Waals surface area contributed by atoms with Gasteiger partial charge in [-0.25, -0.2) is 5.01 Å². The molecule has 0 aromatic heterocycles. The third-order valence-electron chi connectivity index (χ3n) is 3.95. The number of rotatable bonds is 3. The molecule has 130 valence electrons. The Hall–Kier alpha value is -3.16. The SMILES string of the molecule is CC(=O)c1ccc(NC(=O)C2CC(=O)NC3=NC(=C(C)C)NN32)cc1. The Morgan fingerprint density at radius 1 is 1.20 bits per heavy atom. The Labute approximate surface area is 145 Å². The lowest BCUT2D eigenvalue weighted by Gasteiger charge is -2.32. The van der Waals surface area contributed by atoms with Crippen LogP contribution in [0.3, 0.4) is 0 Å². The molecule has 1 atom stereocenters. The smallest absolute Gasteiger partial charge is 0.249 e. The minimum absolute atomic E-state index is 0.0133. The standard InChI is InChI=1S/C17H19N5O3/c1-9(2)15-20-17-19-14(24)8-13(22(17)21-15)16(25)18-12-6-4-11(5-7-12)10(3)23/h4-7,13,21H,8H2,1-3H3,(H,18,25)(H,19,20,24). The van der Waals surface area contributed by atoms with E-state index in [2.05, 4.69) is 21.1 Å². The van der Waals surface area contributed by atoms with E-state index < -0.39 is 6.04 Å². The van der Waals surface area contributed by atoms with Gasteiger partial charge in [-0.05, 0) is 50.6 Å². The molecule has 2 aliphatic heterocycles. The molecule has 25 heavy (non-hydrogen) atoms. The van der Waals surface area contributed by atoms with E-state index in [1.165, 1.54) is 6.92 Å². The molecular formula is C17H19N5O3. The van der Waals surface area contributed by atoms with Crippen LogP contribution in [0.25, 0.3) is 0 Å². The van der Waals surface area contributed by atoms with E-state index in [0.29, 0.717) is 23.0 Å². The maximum absolute atomic E-state index is 12.6. The molecule has 2 heterocycles. The predicted octanol–water partition coefficient (Wildman–Crippen LogP) is 1.14. The molecule has 0 radical (unpaired) electrons. The highest BCUT2D eigenvalue weighted by atomic mass is 16.2. The molecule has 0 aliphatic carbocycles. The Morgan fingerprint density at radius 2 is 1.88 bits per heavy atom. The number of Topliss-reactive ketones (excluding diaryl/α,β-unsaturated/α-hetero) is 1. The van der Waals surface area contributed by atoms with Crippen molar-refractivity contribution in [2.45, 2.75) is 33.2 Å². The normalized spacial score (nSPS) is 18.8. The molecule has 1 aromatic carbocycles. The first kappa shape index (κ1) is 16.7. The number of guanidine groups is 1. The van der Waals surface area contributed by atoms with Gasteiger partial charge in [0.15, 0.2) is 5.78 Å². The van der Waals surface area contributed by atoms with E-state index in [-0.39, 0.29) is 24.0 Å². The van der Waals surface area contributed by atoms with E-state index in [9.17, 15) is 14.4 Å². The molecule has 1 aromatic rings. The number of hydrogen-bond acceptors (Lipinski definition) is 6. The van der Waals surface area contributed by atoms with Crippen molar-refractivity contribution in [3.8, 4) is 0 Å². The maximum atomic E-state index is 12.6. The summed E-state index contributed by atoms with van der Waals surface area (Å²) in [6.07, 6.45) is 0.0133. The molecule has 3 N–H and O–H groups in total. The summed E-state index contributed by atoms with van der Waals surface area (Å²) >= 11 is 0. The van der Waals surface area contributed by atoms with Crippen molar-refractivity contribution in [2.24, 2.45) is 4.99 Å². The average molecular weight is 341 g/mol. The van der Waals surface area contributed by atoms with Crippen molar-refractivity contribution in [2.75, 3.05) is 5.32 Å². The number of fused-ring (bicyclic) bond motifs is 1. The van der Waals surface area contributed by atoms with Gasteiger partial charge in [0, 0.05) is 11.3 Å². The van der Waals surface area contributed by atoms with Crippen LogP contribution in [0.5, 0.6) is 0 Å². The highest BCUT2D eigenvalue weighted by molar-refractivity contribution is 6.07. The fraction of sp³-hybridized carbons (Fsp3) is 0.294. The van der Waals surface area contributed by atoms with E-state index in [4.69, 9.17) is 0 Å². The highest BCUT2D eigenvalue weighted by Gasteiger charge is 2.39. The van der Waals surface area contributed by atoms with E-state index >= 15 is 0 Å². The van der Waals surface area contributed by atoms with Gasteiger partial charge in [-0.3, -0.25) is 25.1 Å². The summed E-state index contributed by atoms with van der Waals surface area (Å²) in [6.45, 7) is 5.26. The zero-order valence-electron chi connectivity index (χ0n) is 14.2.